The second-order valence-corrected chi connectivity index (χ2v) is 3.66. The molecule has 1 aliphatic heterocycles. The fraction of sp³-hybridized carbons (Fsp3) is 0.889. The van der Waals surface area contributed by atoms with Crippen molar-refractivity contribution in [3.05, 3.63) is 0 Å². The van der Waals surface area contributed by atoms with Gasteiger partial charge in [0.2, 0.25) is 0 Å². The van der Waals surface area contributed by atoms with Gasteiger partial charge in [-0.1, -0.05) is 0 Å². The molecule has 1 saturated heterocycles. The maximum Gasteiger partial charge on any atom is 0.305 e. The van der Waals surface area contributed by atoms with Gasteiger partial charge < -0.3 is 9.84 Å². The quantitative estimate of drug-likeness (QED) is 0.701. The van der Waals surface area contributed by atoms with Gasteiger partial charge in [-0.2, -0.15) is 0 Å². The van der Waals surface area contributed by atoms with E-state index in [2.05, 4.69) is 18.7 Å². The van der Waals surface area contributed by atoms with E-state index in [1.807, 2.05) is 0 Å². The summed E-state index contributed by atoms with van der Waals surface area (Å²) >= 11 is 0. The largest absolute Gasteiger partial charge is 0.481 e. The van der Waals surface area contributed by atoms with Gasteiger partial charge in [-0.15, -0.1) is 0 Å². The number of carbonyl (C=O) groups is 1. The standard InChI is InChI=1S/C9H17NO3/c1-7(2)10-3-4-13-6-8(10)5-9(11)12/h7-8H,3-6H2,1-2H3,(H,11,12)/t8-/m0/s1. The summed E-state index contributed by atoms with van der Waals surface area (Å²) in [6.07, 6.45) is 0.179. The Labute approximate surface area is 78.5 Å². The molecule has 0 aromatic rings. The Morgan fingerprint density at radius 3 is 2.92 bits per heavy atom. The Bertz CT molecular complexity index is 182. The number of rotatable bonds is 3. The zero-order valence-corrected chi connectivity index (χ0v) is 8.19. The van der Waals surface area contributed by atoms with Gasteiger partial charge in [-0.3, -0.25) is 9.69 Å². The second-order valence-electron chi connectivity index (χ2n) is 3.66. The molecule has 1 aliphatic rings. The van der Waals surface area contributed by atoms with Crippen molar-refractivity contribution in [1.29, 1.82) is 0 Å². The fourth-order valence-corrected chi connectivity index (χ4v) is 1.73. The molecular weight excluding hydrogens is 170 g/mol. The van der Waals surface area contributed by atoms with Crippen LogP contribution < -0.4 is 0 Å². The lowest BCUT2D eigenvalue weighted by atomic mass is 10.1. The van der Waals surface area contributed by atoms with Crippen LogP contribution in [-0.2, 0) is 9.53 Å². The molecule has 0 aromatic heterocycles. The predicted molar refractivity (Wildman–Crippen MR) is 48.7 cm³/mol. The lowest BCUT2D eigenvalue weighted by molar-refractivity contribution is -0.140. The first-order valence-corrected chi connectivity index (χ1v) is 4.66. The molecule has 1 N–H and O–H groups in total. The minimum Gasteiger partial charge on any atom is -0.481 e. The Balaban J connectivity index is 2.51. The highest BCUT2D eigenvalue weighted by molar-refractivity contribution is 5.67. The second kappa shape index (κ2) is 4.58. The van der Waals surface area contributed by atoms with Crippen molar-refractivity contribution < 1.29 is 14.6 Å². The van der Waals surface area contributed by atoms with Gasteiger partial charge in [0.15, 0.2) is 0 Å². The van der Waals surface area contributed by atoms with E-state index in [0.717, 1.165) is 6.54 Å². The SMILES string of the molecule is CC(C)N1CCOC[C@@H]1CC(=O)O. The normalized spacial score (nSPS) is 25.0. The number of morpholine rings is 1. The number of hydrogen-bond acceptors (Lipinski definition) is 3. The highest BCUT2D eigenvalue weighted by Gasteiger charge is 2.26. The zero-order valence-electron chi connectivity index (χ0n) is 8.19. The summed E-state index contributed by atoms with van der Waals surface area (Å²) in [7, 11) is 0. The molecule has 0 amide bonds. The molecule has 4 heteroatoms. The summed E-state index contributed by atoms with van der Waals surface area (Å²) in [5.74, 6) is -0.749. The molecule has 76 valence electrons. The van der Waals surface area contributed by atoms with Crippen LogP contribution in [0, 0.1) is 0 Å². The van der Waals surface area contributed by atoms with E-state index < -0.39 is 5.97 Å². The third-order valence-electron chi connectivity index (χ3n) is 2.35. The van der Waals surface area contributed by atoms with Crippen molar-refractivity contribution in [2.45, 2.75) is 32.4 Å². The molecule has 1 heterocycles. The van der Waals surface area contributed by atoms with Crippen molar-refractivity contribution in [2.75, 3.05) is 19.8 Å². The van der Waals surface area contributed by atoms with Crippen molar-refractivity contribution >= 4 is 5.97 Å². The molecule has 1 atom stereocenters. The van der Waals surface area contributed by atoms with Crippen LogP contribution in [0.1, 0.15) is 20.3 Å². The van der Waals surface area contributed by atoms with Crippen LogP contribution in [0.5, 0.6) is 0 Å². The number of aliphatic carboxylic acids is 1. The maximum atomic E-state index is 10.6. The number of ether oxygens (including phenoxy) is 1. The smallest absolute Gasteiger partial charge is 0.305 e. The van der Waals surface area contributed by atoms with E-state index in [4.69, 9.17) is 9.84 Å². The molecule has 0 aromatic carbocycles. The first kappa shape index (κ1) is 10.5. The number of nitrogens with zero attached hydrogens (tertiary/aromatic N) is 1. The van der Waals surface area contributed by atoms with E-state index >= 15 is 0 Å². The fourth-order valence-electron chi connectivity index (χ4n) is 1.73. The first-order chi connectivity index (χ1) is 6.11. The van der Waals surface area contributed by atoms with Gasteiger partial charge >= 0.3 is 5.97 Å². The van der Waals surface area contributed by atoms with Crippen molar-refractivity contribution in [3.63, 3.8) is 0 Å². The molecule has 13 heavy (non-hydrogen) atoms. The third kappa shape index (κ3) is 2.97. The summed E-state index contributed by atoms with van der Waals surface area (Å²) in [5, 5.41) is 8.68. The van der Waals surface area contributed by atoms with Crippen molar-refractivity contribution in [2.24, 2.45) is 0 Å². The summed E-state index contributed by atoms with van der Waals surface area (Å²) in [5.41, 5.74) is 0. The zero-order chi connectivity index (χ0) is 9.84. The Hall–Kier alpha value is -0.610. The Morgan fingerprint density at radius 2 is 2.38 bits per heavy atom. The van der Waals surface area contributed by atoms with Crippen LogP contribution in [0.2, 0.25) is 0 Å². The molecule has 4 nitrogen and oxygen atoms in total. The summed E-state index contributed by atoms with van der Waals surface area (Å²) in [4.78, 5) is 12.7. The van der Waals surface area contributed by atoms with Crippen molar-refractivity contribution in [1.82, 2.24) is 4.90 Å². The van der Waals surface area contributed by atoms with Gasteiger partial charge in [-0.05, 0) is 13.8 Å². The van der Waals surface area contributed by atoms with Crippen LogP contribution in [0.15, 0.2) is 0 Å². The van der Waals surface area contributed by atoms with Gasteiger partial charge in [0.1, 0.15) is 0 Å². The van der Waals surface area contributed by atoms with Crippen LogP contribution in [0.25, 0.3) is 0 Å². The minimum atomic E-state index is -0.749. The Morgan fingerprint density at radius 1 is 1.69 bits per heavy atom. The number of hydrogen-bond donors (Lipinski definition) is 1. The summed E-state index contributed by atoms with van der Waals surface area (Å²) < 4.78 is 5.26. The number of carboxylic acid groups (broad SMARTS) is 1. The highest BCUT2D eigenvalue weighted by atomic mass is 16.5. The van der Waals surface area contributed by atoms with Crippen LogP contribution in [0.4, 0.5) is 0 Å². The lowest BCUT2D eigenvalue weighted by Gasteiger charge is -2.37. The number of carboxylic acids is 1. The van der Waals surface area contributed by atoms with Crippen molar-refractivity contribution in [3.8, 4) is 0 Å². The monoisotopic (exact) mass is 187 g/mol. The summed E-state index contributed by atoms with van der Waals surface area (Å²) in [6.45, 7) is 6.27. The van der Waals surface area contributed by atoms with E-state index in [9.17, 15) is 4.79 Å². The first-order valence-electron chi connectivity index (χ1n) is 4.66. The van der Waals surface area contributed by atoms with Crippen LogP contribution >= 0.6 is 0 Å². The molecule has 0 bridgehead atoms. The predicted octanol–water partition coefficient (Wildman–Crippen LogP) is 0.570. The molecular formula is C9H17NO3. The van der Waals surface area contributed by atoms with E-state index in [1.165, 1.54) is 0 Å². The van der Waals surface area contributed by atoms with Gasteiger partial charge in [0.05, 0.1) is 19.6 Å². The molecule has 0 spiro atoms. The molecule has 1 rings (SSSR count). The molecule has 0 saturated carbocycles. The van der Waals surface area contributed by atoms with E-state index in [-0.39, 0.29) is 12.5 Å². The highest BCUT2D eigenvalue weighted by Crippen LogP contribution is 2.13. The molecule has 0 aliphatic carbocycles. The van der Waals surface area contributed by atoms with Crippen LogP contribution in [0.3, 0.4) is 0 Å². The molecule has 0 unspecified atom stereocenters. The van der Waals surface area contributed by atoms with Gasteiger partial charge in [0.25, 0.3) is 0 Å². The van der Waals surface area contributed by atoms with Gasteiger partial charge in [-0.25, -0.2) is 0 Å². The third-order valence-corrected chi connectivity index (χ3v) is 2.35. The summed E-state index contributed by atoms with van der Waals surface area (Å²) in [6, 6.07) is 0.444. The average Bonchev–Trinajstić information content (AvgIpc) is 2.03. The van der Waals surface area contributed by atoms with E-state index in [0.29, 0.717) is 19.3 Å². The Kier molecular flexibility index (Phi) is 3.69. The van der Waals surface area contributed by atoms with Gasteiger partial charge in [0, 0.05) is 18.6 Å². The van der Waals surface area contributed by atoms with E-state index in [1.54, 1.807) is 0 Å². The maximum absolute atomic E-state index is 10.6. The van der Waals surface area contributed by atoms with Crippen LogP contribution in [-0.4, -0.2) is 47.8 Å². The molecule has 0 radical (unpaired) electrons. The average molecular weight is 187 g/mol. The minimum absolute atomic E-state index is 0.0475. The topological polar surface area (TPSA) is 49.8 Å². The lowest BCUT2D eigenvalue weighted by Crippen LogP contribution is -2.49. The molecule has 1 fully saturated rings.